The van der Waals surface area contributed by atoms with Gasteiger partial charge < -0.3 is 4.74 Å². The monoisotopic (exact) mass is 280 g/mol. The third kappa shape index (κ3) is 3.97. The van der Waals surface area contributed by atoms with Gasteiger partial charge in [0, 0.05) is 29.8 Å². The summed E-state index contributed by atoms with van der Waals surface area (Å²) in [6, 6.07) is 3.81. The molecule has 1 aromatic carbocycles. The smallest absolute Gasteiger partial charge is 0.137 e. The summed E-state index contributed by atoms with van der Waals surface area (Å²) in [6.07, 6.45) is 6.57. The van der Waals surface area contributed by atoms with E-state index in [-0.39, 0.29) is 5.78 Å². The van der Waals surface area contributed by atoms with Gasteiger partial charge in [0.2, 0.25) is 0 Å². The fourth-order valence-electron chi connectivity index (χ4n) is 2.53. The number of ketones is 1. The van der Waals surface area contributed by atoms with Gasteiger partial charge in [-0.3, -0.25) is 4.79 Å². The Morgan fingerprint density at radius 2 is 2.16 bits per heavy atom. The van der Waals surface area contributed by atoms with Gasteiger partial charge in [0.05, 0.1) is 6.61 Å². The van der Waals surface area contributed by atoms with Crippen LogP contribution in [-0.2, 0) is 17.6 Å². The van der Waals surface area contributed by atoms with Gasteiger partial charge in [-0.05, 0) is 24.1 Å². The first-order chi connectivity index (χ1) is 9.20. The fourth-order valence-corrected chi connectivity index (χ4v) is 2.79. The Kier molecular flexibility index (Phi) is 5.26. The maximum Gasteiger partial charge on any atom is 0.137 e. The van der Waals surface area contributed by atoms with Gasteiger partial charge in [-0.1, -0.05) is 37.8 Å². The number of ether oxygens (including phenoxy) is 1. The third-order valence-corrected chi connectivity index (χ3v) is 3.74. The number of hydrogen-bond acceptors (Lipinski definition) is 2. The molecule has 0 bridgehead atoms. The van der Waals surface area contributed by atoms with Gasteiger partial charge in [0.1, 0.15) is 11.5 Å². The summed E-state index contributed by atoms with van der Waals surface area (Å²) in [6.45, 7) is 2.88. The molecule has 1 aliphatic rings. The lowest BCUT2D eigenvalue weighted by molar-refractivity contribution is -0.118. The predicted octanol–water partition coefficient (Wildman–Crippen LogP) is 4.36. The molecule has 0 aromatic heterocycles. The second-order valence-electron chi connectivity index (χ2n) is 5.18. The number of carbonyl (C=O) groups excluding carboxylic acids is 1. The summed E-state index contributed by atoms with van der Waals surface area (Å²) in [5.74, 6) is 1.18. The molecule has 0 fully saturated rings. The summed E-state index contributed by atoms with van der Waals surface area (Å²) in [5.41, 5.74) is 2.10. The van der Waals surface area contributed by atoms with Crippen molar-refractivity contribution in [2.45, 2.75) is 51.9 Å². The second-order valence-corrected chi connectivity index (χ2v) is 5.61. The molecular weight excluding hydrogens is 260 g/mol. The number of benzene rings is 1. The van der Waals surface area contributed by atoms with Crippen LogP contribution in [0.3, 0.4) is 0 Å². The Hall–Kier alpha value is -1.02. The van der Waals surface area contributed by atoms with Gasteiger partial charge in [-0.25, -0.2) is 0 Å². The molecular formula is C16H21ClO2. The highest BCUT2D eigenvalue weighted by molar-refractivity contribution is 6.30. The molecule has 0 saturated heterocycles. The van der Waals surface area contributed by atoms with Crippen molar-refractivity contribution in [3.05, 3.63) is 28.3 Å². The molecule has 2 rings (SSSR count). The highest BCUT2D eigenvalue weighted by atomic mass is 35.5. The summed E-state index contributed by atoms with van der Waals surface area (Å²) in [7, 11) is 0. The van der Waals surface area contributed by atoms with Gasteiger partial charge in [-0.15, -0.1) is 0 Å². The van der Waals surface area contributed by atoms with E-state index >= 15 is 0 Å². The number of rotatable bonds is 7. The Bertz CT molecular complexity index is 454. The molecule has 104 valence electrons. The molecule has 0 N–H and O–H groups in total. The lowest BCUT2D eigenvalue weighted by Crippen LogP contribution is -2.04. The van der Waals surface area contributed by atoms with Crippen molar-refractivity contribution in [3.63, 3.8) is 0 Å². The van der Waals surface area contributed by atoms with Crippen molar-refractivity contribution in [1.29, 1.82) is 0 Å². The van der Waals surface area contributed by atoms with Crippen molar-refractivity contribution in [2.75, 3.05) is 6.61 Å². The van der Waals surface area contributed by atoms with Crippen molar-refractivity contribution in [1.82, 2.24) is 0 Å². The lowest BCUT2D eigenvalue weighted by Gasteiger charge is -2.08. The van der Waals surface area contributed by atoms with E-state index in [0.29, 0.717) is 24.5 Å². The van der Waals surface area contributed by atoms with E-state index in [1.165, 1.54) is 12.8 Å². The van der Waals surface area contributed by atoms with E-state index in [1.807, 2.05) is 12.1 Å². The Morgan fingerprint density at radius 1 is 1.32 bits per heavy atom. The van der Waals surface area contributed by atoms with Crippen LogP contribution in [0.4, 0.5) is 0 Å². The molecule has 0 spiro atoms. The zero-order valence-corrected chi connectivity index (χ0v) is 12.3. The zero-order chi connectivity index (χ0) is 13.7. The topological polar surface area (TPSA) is 26.3 Å². The summed E-state index contributed by atoms with van der Waals surface area (Å²) in [5, 5.41) is 0.707. The van der Waals surface area contributed by atoms with Crippen molar-refractivity contribution < 1.29 is 9.53 Å². The van der Waals surface area contributed by atoms with E-state index in [2.05, 4.69) is 6.92 Å². The summed E-state index contributed by atoms with van der Waals surface area (Å²) >= 11 is 6.09. The van der Waals surface area contributed by atoms with Crippen LogP contribution in [0.5, 0.6) is 5.75 Å². The van der Waals surface area contributed by atoms with Crippen LogP contribution in [0, 0.1) is 0 Å². The molecule has 1 aliphatic heterocycles. The summed E-state index contributed by atoms with van der Waals surface area (Å²) < 4.78 is 5.62. The SMILES string of the molecule is CCCCCCC(=O)Cc1cc(Cl)cc2c1OCC2. The number of Topliss-reactive ketones (excluding diaryl/α,β-unsaturated/α-hetero) is 1. The van der Waals surface area contributed by atoms with E-state index in [0.717, 1.165) is 36.1 Å². The average Bonchev–Trinajstić information content (AvgIpc) is 2.82. The first-order valence-electron chi connectivity index (χ1n) is 7.16. The maximum atomic E-state index is 12.0. The van der Waals surface area contributed by atoms with Crippen LogP contribution >= 0.6 is 11.6 Å². The Balaban J connectivity index is 1.94. The first-order valence-corrected chi connectivity index (χ1v) is 7.54. The first kappa shape index (κ1) is 14.4. The molecule has 0 saturated carbocycles. The molecule has 1 heterocycles. The number of halogens is 1. The Morgan fingerprint density at radius 3 is 2.95 bits per heavy atom. The van der Waals surface area contributed by atoms with E-state index < -0.39 is 0 Å². The molecule has 0 aliphatic carbocycles. The molecule has 0 amide bonds. The molecule has 3 heteroatoms. The van der Waals surface area contributed by atoms with Gasteiger partial charge >= 0.3 is 0 Å². The van der Waals surface area contributed by atoms with E-state index in [1.54, 1.807) is 0 Å². The van der Waals surface area contributed by atoms with E-state index in [9.17, 15) is 4.79 Å². The second kappa shape index (κ2) is 6.95. The van der Waals surface area contributed by atoms with Crippen molar-refractivity contribution >= 4 is 17.4 Å². The van der Waals surface area contributed by atoms with Crippen LogP contribution in [0.25, 0.3) is 0 Å². The van der Waals surface area contributed by atoms with Gasteiger partial charge in [0.15, 0.2) is 0 Å². The normalized spacial score (nSPS) is 13.2. The van der Waals surface area contributed by atoms with Crippen molar-refractivity contribution in [3.8, 4) is 5.75 Å². The third-order valence-electron chi connectivity index (χ3n) is 3.52. The number of hydrogen-bond donors (Lipinski definition) is 0. The van der Waals surface area contributed by atoms with E-state index in [4.69, 9.17) is 16.3 Å². The molecule has 19 heavy (non-hydrogen) atoms. The minimum atomic E-state index is 0.288. The zero-order valence-electron chi connectivity index (χ0n) is 11.5. The van der Waals surface area contributed by atoms with Crippen LogP contribution < -0.4 is 4.74 Å². The minimum Gasteiger partial charge on any atom is -0.493 e. The minimum absolute atomic E-state index is 0.288. The predicted molar refractivity (Wildman–Crippen MR) is 78.1 cm³/mol. The number of unbranched alkanes of at least 4 members (excludes halogenated alkanes) is 3. The molecule has 0 unspecified atom stereocenters. The maximum absolute atomic E-state index is 12.0. The van der Waals surface area contributed by atoms with Crippen LogP contribution in [0.15, 0.2) is 12.1 Å². The molecule has 1 aromatic rings. The standard InChI is InChI=1S/C16H21ClO2/c1-2-3-4-5-6-15(18)11-13-10-14(17)9-12-7-8-19-16(12)13/h9-10H,2-8,11H2,1H3. The Labute approximate surface area is 120 Å². The molecule has 2 nitrogen and oxygen atoms in total. The highest BCUT2D eigenvalue weighted by Gasteiger charge is 2.19. The molecule has 0 radical (unpaired) electrons. The average molecular weight is 281 g/mol. The largest absolute Gasteiger partial charge is 0.493 e. The van der Waals surface area contributed by atoms with Crippen LogP contribution in [0.1, 0.15) is 50.2 Å². The van der Waals surface area contributed by atoms with Gasteiger partial charge in [-0.2, -0.15) is 0 Å². The lowest BCUT2D eigenvalue weighted by atomic mass is 10.0. The number of carbonyl (C=O) groups is 1. The van der Waals surface area contributed by atoms with Gasteiger partial charge in [0.25, 0.3) is 0 Å². The van der Waals surface area contributed by atoms with Crippen molar-refractivity contribution in [2.24, 2.45) is 0 Å². The molecule has 0 atom stereocenters. The highest BCUT2D eigenvalue weighted by Crippen LogP contribution is 2.33. The quantitative estimate of drug-likeness (QED) is 0.694. The van der Waals surface area contributed by atoms with Crippen LogP contribution in [0.2, 0.25) is 5.02 Å². The van der Waals surface area contributed by atoms with Crippen LogP contribution in [-0.4, -0.2) is 12.4 Å². The fraction of sp³-hybridized carbons (Fsp3) is 0.562. The number of fused-ring (bicyclic) bond motifs is 1. The summed E-state index contributed by atoms with van der Waals surface area (Å²) in [4.78, 5) is 12.0.